The second kappa shape index (κ2) is 11.4. The number of carbonyl (C=O) groups is 2. The lowest BCUT2D eigenvalue weighted by molar-refractivity contribution is -0.0525. The minimum absolute atomic E-state index is 0.239. The second-order valence-corrected chi connectivity index (χ2v) is 11.0. The first-order chi connectivity index (χ1) is 15.7. The van der Waals surface area contributed by atoms with Gasteiger partial charge in [0.1, 0.15) is 11.2 Å². The van der Waals surface area contributed by atoms with Gasteiger partial charge in [-0.1, -0.05) is 68.9 Å². The minimum Gasteiger partial charge on any atom is -0.443 e. The van der Waals surface area contributed by atoms with Crippen molar-refractivity contribution < 1.29 is 19.1 Å². The van der Waals surface area contributed by atoms with E-state index in [1.807, 2.05) is 58.0 Å². The van der Waals surface area contributed by atoms with Gasteiger partial charge in [0.05, 0.1) is 0 Å². The lowest BCUT2D eigenvalue weighted by Gasteiger charge is -2.39. The molecule has 184 valence electrons. The Kier molecular flexibility index (Phi) is 8.83. The van der Waals surface area contributed by atoms with Crippen LogP contribution in [-0.2, 0) is 15.9 Å². The Morgan fingerprint density at radius 2 is 1.18 bits per heavy atom. The predicted molar refractivity (Wildman–Crippen MR) is 131 cm³/mol. The van der Waals surface area contributed by atoms with Gasteiger partial charge in [-0.05, 0) is 77.2 Å². The molecular formula is C28H43NO4. The number of amides is 2. The van der Waals surface area contributed by atoms with E-state index in [0.29, 0.717) is 18.3 Å². The molecule has 0 radical (unpaired) electrons. The van der Waals surface area contributed by atoms with Gasteiger partial charge in [0.15, 0.2) is 0 Å². The molecule has 2 saturated carbocycles. The van der Waals surface area contributed by atoms with E-state index in [0.717, 1.165) is 31.2 Å². The summed E-state index contributed by atoms with van der Waals surface area (Å²) in [4.78, 5) is 27.8. The standard InChI is InChI=1S/C28H43NO4/c1-27(2,23-16-10-6-11-17-23)32-25(30)29(21-20-22-14-8-5-9-15-22)26(31)33-28(3,4)24-18-12-7-13-19-24/h5,8-9,14-15,23-24H,6-7,10-13,16-21H2,1-4H3. The maximum atomic E-state index is 13.3. The van der Waals surface area contributed by atoms with Gasteiger partial charge >= 0.3 is 12.2 Å². The van der Waals surface area contributed by atoms with Crippen molar-refractivity contribution in [3.8, 4) is 0 Å². The van der Waals surface area contributed by atoms with Gasteiger partial charge in [-0.3, -0.25) is 0 Å². The van der Waals surface area contributed by atoms with Crippen LogP contribution < -0.4 is 0 Å². The highest BCUT2D eigenvalue weighted by molar-refractivity contribution is 5.88. The quantitative estimate of drug-likeness (QED) is 0.425. The summed E-state index contributed by atoms with van der Waals surface area (Å²) in [6.45, 7) is 8.16. The molecule has 0 heterocycles. The molecular weight excluding hydrogens is 414 g/mol. The number of hydrogen-bond donors (Lipinski definition) is 0. The average Bonchev–Trinajstić information content (AvgIpc) is 2.80. The summed E-state index contributed by atoms with van der Waals surface area (Å²) in [5, 5.41) is 0. The monoisotopic (exact) mass is 457 g/mol. The van der Waals surface area contributed by atoms with Crippen LogP contribution in [-0.4, -0.2) is 34.8 Å². The molecule has 0 aliphatic heterocycles. The number of ether oxygens (including phenoxy) is 2. The van der Waals surface area contributed by atoms with Crippen molar-refractivity contribution in [3.63, 3.8) is 0 Å². The van der Waals surface area contributed by atoms with Crippen LogP contribution in [0.25, 0.3) is 0 Å². The first kappa shape index (κ1) is 25.6. The maximum absolute atomic E-state index is 13.3. The Labute approximate surface area is 200 Å². The molecule has 0 spiro atoms. The first-order valence-corrected chi connectivity index (χ1v) is 13.0. The molecule has 0 atom stereocenters. The van der Waals surface area contributed by atoms with Crippen molar-refractivity contribution in [2.24, 2.45) is 11.8 Å². The van der Waals surface area contributed by atoms with Gasteiger partial charge < -0.3 is 9.47 Å². The molecule has 5 heteroatoms. The molecule has 5 nitrogen and oxygen atoms in total. The van der Waals surface area contributed by atoms with E-state index in [4.69, 9.17) is 9.47 Å². The van der Waals surface area contributed by atoms with Crippen molar-refractivity contribution in [2.75, 3.05) is 6.54 Å². The predicted octanol–water partition coefficient (Wildman–Crippen LogP) is 7.52. The van der Waals surface area contributed by atoms with E-state index in [1.165, 1.54) is 43.4 Å². The van der Waals surface area contributed by atoms with E-state index in [1.54, 1.807) is 0 Å². The molecule has 0 unspecified atom stereocenters. The summed E-state index contributed by atoms with van der Waals surface area (Å²) < 4.78 is 12.0. The normalized spacial score (nSPS) is 18.5. The number of imide groups is 1. The Hall–Kier alpha value is -2.04. The number of nitrogens with zero attached hydrogens (tertiary/aromatic N) is 1. The van der Waals surface area contributed by atoms with E-state index in [-0.39, 0.29) is 6.54 Å². The van der Waals surface area contributed by atoms with Crippen LogP contribution in [0.4, 0.5) is 9.59 Å². The number of rotatable bonds is 7. The van der Waals surface area contributed by atoms with Crippen LogP contribution in [0, 0.1) is 11.8 Å². The SMILES string of the molecule is CC(C)(OC(=O)N(CCc1ccccc1)C(=O)OC(C)(C)C1CCCCC1)C1CCCCC1. The van der Waals surface area contributed by atoms with E-state index < -0.39 is 23.4 Å². The van der Waals surface area contributed by atoms with Crippen LogP contribution in [0.3, 0.4) is 0 Å². The Morgan fingerprint density at radius 1 is 0.758 bits per heavy atom. The average molecular weight is 458 g/mol. The highest BCUT2D eigenvalue weighted by Crippen LogP contribution is 2.37. The summed E-state index contributed by atoms with van der Waals surface area (Å²) >= 11 is 0. The summed E-state index contributed by atoms with van der Waals surface area (Å²) in [5.74, 6) is 0.641. The zero-order chi connectivity index (χ0) is 23.9. The first-order valence-electron chi connectivity index (χ1n) is 13.0. The fourth-order valence-corrected chi connectivity index (χ4v) is 5.47. The third-order valence-corrected chi connectivity index (χ3v) is 7.79. The smallest absolute Gasteiger partial charge is 0.419 e. The van der Waals surface area contributed by atoms with Gasteiger partial charge in [-0.2, -0.15) is 0 Å². The molecule has 0 saturated heterocycles. The second-order valence-electron chi connectivity index (χ2n) is 11.0. The summed E-state index contributed by atoms with van der Waals surface area (Å²) in [7, 11) is 0. The fourth-order valence-electron chi connectivity index (χ4n) is 5.47. The highest BCUT2D eigenvalue weighted by atomic mass is 16.6. The van der Waals surface area contributed by atoms with Gasteiger partial charge in [0.2, 0.25) is 0 Å². The van der Waals surface area contributed by atoms with Crippen molar-refractivity contribution in [1.82, 2.24) is 4.90 Å². The zero-order valence-electron chi connectivity index (χ0n) is 21.1. The van der Waals surface area contributed by atoms with Crippen LogP contribution in [0.5, 0.6) is 0 Å². The van der Waals surface area contributed by atoms with Gasteiger partial charge in [0.25, 0.3) is 0 Å². The number of carbonyl (C=O) groups excluding carboxylic acids is 2. The molecule has 2 aliphatic carbocycles. The summed E-state index contributed by atoms with van der Waals surface area (Å²) in [5.41, 5.74) is -0.148. The summed E-state index contributed by atoms with van der Waals surface area (Å²) in [6.07, 6.45) is 10.8. The Balaban J connectivity index is 1.71. The fraction of sp³-hybridized carbons (Fsp3) is 0.714. The van der Waals surface area contributed by atoms with Crippen LogP contribution in [0.15, 0.2) is 30.3 Å². The van der Waals surface area contributed by atoms with Crippen molar-refractivity contribution in [3.05, 3.63) is 35.9 Å². The van der Waals surface area contributed by atoms with Crippen molar-refractivity contribution in [1.29, 1.82) is 0 Å². The largest absolute Gasteiger partial charge is 0.443 e. The molecule has 1 aromatic rings. The van der Waals surface area contributed by atoms with Crippen molar-refractivity contribution >= 4 is 12.2 Å². The highest BCUT2D eigenvalue weighted by Gasteiger charge is 2.40. The van der Waals surface area contributed by atoms with E-state index in [2.05, 4.69) is 0 Å². The molecule has 1 aromatic carbocycles. The third kappa shape index (κ3) is 7.22. The number of hydrogen-bond acceptors (Lipinski definition) is 4. The van der Waals surface area contributed by atoms with Crippen LogP contribution >= 0.6 is 0 Å². The molecule has 2 aliphatic rings. The van der Waals surface area contributed by atoms with E-state index >= 15 is 0 Å². The lowest BCUT2D eigenvalue weighted by Crippen LogP contribution is -2.48. The molecule has 33 heavy (non-hydrogen) atoms. The van der Waals surface area contributed by atoms with Crippen molar-refractivity contribution in [2.45, 2.75) is 110 Å². The molecule has 2 amide bonds. The third-order valence-electron chi connectivity index (χ3n) is 7.79. The molecule has 2 fully saturated rings. The van der Waals surface area contributed by atoms with Gasteiger partial charge in [0, 0.05) is 6.54 Å². The Morgan fingerprint density at radius 3 is 1.61 bits per heavy atom. The van der Waals surface area contributed by atoms with Gasteiger partial charge in [-0.15, -0.1) is 0 Å². The van der Waals surface area contributed by atoms with Crippen LogP contribution in [0.1, 0.15) is 97.5 Å². The van der Waals surface area contributed by atoms with Crippen LogP contribution in [0.2, 0.25) is 0 Å². The molecule has 0 bridgehead atoms. The molecule has 0 N–H and O–H groups in total. The van der Waals surface area contributed by atoms with Gasteiger partial charge in [-0.25, -0.2) is 14.5 Å². The zero-order valence-corrected chi connectivity index (χ0v) is 21.1. The maximum Gasteiger partial charge on any atom is 0.419 e. The molecule has 0 aromatic heterocycles. The van der Waals surface area contributed by atoms with E-state index in [9.17, 15) is 9.59 Å². The number of benzene rings is 1. The Bertz CT molecular complexity index is 717. The topological polar surface area (TPSA) is 55.8 Å². The molecule has 3 rings (SSSR count). The summed E-state index contributed by atoms with van der Waals surface area (Å²) in [6, 6.07) is 9.91. The lowest BCUT2D eigenvalue weighted by atomic mass is 9.79. The minimum atomic E-state index is -0.609.